The Hall–Kier alpha value is -2.96. The van der Waals surface area contributed by atoms with Gasteiger partial charge in [-0.2, -0.15) is 5.10 Å². The van der Waals surface area contributed by atoms with E-state index in [1.807, 2.05) is 0 Å². The van der Waals surface area contributed by atoms with Gasteiger partial charge in [0.25, 0.3) is 0 Å². The van der Waals surface area contributed by atoms with Gasteiger partial charge in [0.1, 0.15) is 23.7 Å². The topological polar surface area (TPSA) is 60.8 Å². The van der Waals surface area contributed by atoms with Gasteiger partial charge in [0.15, 0.2) is 11.4 Å². The lowest BCUT2D eigenvalue weighted by molar-refractivity contribution is -0.0196. The molecule has 2 aromatic heterocycles. The smallest absolute Gasteiger partial charge is 0.159 e. The van der Waals surface area contributed by atoms with Crippen molar-refractivity contribution < 1.29 is 13.5 Å². The molecule has 7 heteroatoms. The zero-order chi connectivity index (χ0) is 19.5. The molecule has 1 saturated carbocycles. The van der Waals surface area contributed by atoms with Gasteiger partial charge in [-0.25, -0.2) is 18.7 Å². The molecular formula is C21H18F2N4O. The van der Waals surface area contributed by atoms with Crippen molar-refractivity contribution in [3.8, 4) is 17.0 Å². The second-order valence-corrected chi connectivity index (χ2v) is 7.95. The van der Waals surface area contributed by atoms with Gasteiger partial charge in [-0.3, -0.25) is 0 Å². The van der Waals surface area contributed by atoms with Crippen LogP contribution in [0.4, 0.5) is 8.78 Å². The van der Waals surface area contributed by atoms with Crippen LogP contribution in [0.25, 0.3) is 11.3 Å². The molecule has 1 fully saturated rings. The van der Waals surface area contributed by atoms with Crippen LogP contribution in [0.15, 0.2) is 43.0 Å². The lowest BCUT2D eigenvalue weighted by Gasteiger charge is -2.37. The molecule has 5 rings (SSSR count). The SMILES string of the molecule is CC1(C)[C@H]2CC[C@]1(Oc1cncnc1)c1nnc(-c3c(F)cccc3F)cc12. The molecular weight excluding hydrogens is 362 g/mol. The van der Waals surface area contributed by atoms with Crippen LogP contribution >= 0.6 is 0 Å². The Morgan fingerprint density at radius 3 is 2.50 bits per heavy atom. The molecule has 0 amide bonds. The predicted octanol–water partition coefficient (Wildman–Crippen LogP) is 4.40. The highest BCUT2D eigenvalue weighted by Gasteiger charge is 2.65. The molecule has 0 N–H and O–H groups in total. The fourth-order valence-corrected chi connectivity index (χ4v) is 4.90. The Morgan fingerprint density at radius 2 is 1.79 bits per heavy atom. The van der Waals surface area contributed by atoms with Crippen LogP contribution in [-0.2, 0) is 5.60 Å². The fraction of sp³-hybridized carbons (Fsp3) is 0.333. The molecule has 0 radical (unpaired) electrons. The summed E-state index contributed by atoms with van der Waals surface area (Å²) < 4.78 is 34.9. The van der Waals surface area contributed by atoms with Crippen LogP contribution in [0.3, 0.4) is 0 Å². The molecule has 2 atom stereocenters. The van der Waals surface area contributed by atoms with Crippen molar-refractivity contribution in [2.45, 2.75) is 38.2 Å². The maximum Gasteiger partial charge on any atom is 0.159 e. The maximum absolute atomic E-state index is 14.2. The third kappa shape index (κ3) is 2.16. The van der Waals surface area contributed by atoms with E-state index in [1.165, 1.54) is 24.5 Å². The first-order valence-corrected chi connectivity index (χ1v) is 9.20. The lowest BCUT2D eigenvalue weighted by atomic mass is 9.77. The van der Waals surface area contributed by atoms with Gasteiger partial charge >= 0.3 is 0 Å². The van der Waals surface area contributed by atoms with Gasteiger partial charge in [-0.05, 0) is 42.5 Å². The molecule has 1 aromatic carbocycles. The highest BCUT2D eigenvalue weighted by molar-refractivity contribution is 5.63. The second-order valence-electron chi connectivity index (χ2n) is 7.95. The number of halogens is 2. The van der Waals surface area contributed by atoms with Crippen molar-refractivity contribution in [3.63, 3.8) is 0 Å². The quantitative estimate of drug-likeness (QED) is 0.674. The third-order valence-corrected chi connectivity index (χ3v) is 6.33. The maximum atomic E-state index is 14.2. The van der Waals surface area contributed by atoms with E-state index in [-0.39, 0.29) is 22.6 Å². The molecule has 142 valence electrons. The molecule has 2 heterocycles. The fourth-order valence-electron chi connectivity index (χ4n) is 4.90. The van der Waals surface area contributed by atoms with Gasteiger partial charge in [-0.15, -0.1) is 5.10 Å². The Bertz CT molecular complexity index is 1050. The molecule has 0 saturated heterocycles. The van der Waals surface area contributed by atoms with E-state index < -0.39 is 17.2 Å². The van der Waals surface area contributed by atoms with Gasteiger partial charge in [0.2, 0.25) is 0 Å². The Morgan fingerprint density at radius 1 is 1.07 bits per heavy atom. The molecule has 28 heavy (non-hydrogen) atoms. The number of rotatable bonds is 3. The van der Waals surface area contributed by atoms with Crippen LogP contribution in [0.5, 0.6) is 5.75 Å². The zero-order valence-corrected chi connectivity index (χ0v) is 15.5. The summed E-state index contributed by atoms with van der Waals surface area (Å²) in [6.45, 7) is 4.28. The van der Waals surface area contributed by atoms with E-state index in [0.717, 1.165) is 24.1 Å². The van der Waals surface area contributed by atoms with Gasteiger partial charge in [0.05, 0.1) is 23.7 Å². The summed E-state index contributed by atoms with van der Waals surface area (Å²) in [6, 6.07) is 5.56. The van der Waals surface area contributed by atoms with Crippen molar-refractivity contribution in [2.24, 2.45) is 5.41 Å². The molecule has 0 unspecified atom stereocenters. The molecule has 2 aliphatic carbocycles. The Kier molecular flexibility index (Phi) is 3.53. The summed E-state index contributed by atoms with van der Waals surface area (Å²) in [6.07, 6.45) is 6.39. The number of nitrogens with zero attached hydrogens (tertiary/aromatic N) is 4. The summed E-state index contributed by atoms with van der Waals surface area (Å²) in [5.41, 5.74) is 0.808. The van der Waals surface area contributed by atoms with Crippen molar-refractivity contribution in [1.29, 1.82) is 0 Å². The minimum Gasteiger partial charge on any atom is -0.477 e. The van der Waals surface area contributed by atoms with E-state index in [1.54, 1.807) is 18.5 Å². The third-order valence-electron chi connectivity index (χ3n) is 6.33. The van der Waals surface area contributed by atoms with Crippen LogP contribution in [-0.4, -0.2) is 20.2 Å². The van der Waals surface area contributed by atoms with Crippen molar-refractivity contribution in [3.05, 3.63) is 65.9 Å². The predicted molar refractivity (Wildman–Crippen MR) is 97.5 cm³/mol. The summed E-state index contributed by atoms with van der Waals surface area (Å²) in [5, 5.41) is 8.59. The van der Waals surface area contributed by atoms with Crippen LogP contribution < -0.4 is 4.74 Å². The van der Waals surface area contributed by atoms with Gasteiger partial charge in [-0.1, -0.05) is 19.9 Å². The van der Waals surface area contributed by atoms with E-state index in [2.05, 4.69) is 34.0 Å². The summed E-state index contributed by atoms with van der Waals surface area (Å²) in [7, 11) is 0. The monoisotopic (exact) mass is 380 g/mol. The largest absolute Gasteiger partial charge is 0.477 e. The van der Waals surface area contributed by atoms with Crippen molar-refractivity contribution >= 4 is 0 Å². The average Bonchev–Trinajstić information content (AvgIpc) is 3.02. The number of aromatic nitrogens is 4. The molecule has 0 aliphatic heterocycles. The normalized spacial score (nSPS) is 24.2. The zero-order valence-electron chi connectivity index (χ0n) is 15.5. The lowest BCUT2D eigenvalue weighted by Crippen LogP contribution is -2.41. The number of hydrogen-bond acceptors (Lipinski definition) is 5. The number of hydrogen-bond donors (Lipinski definition) is 0. The summed E-state index contributed by atoms with van der Waals surface area (Å²) in [4.78, 5) is 8.05. The Balaban J connectivity index is 1.65. The number of benzene rings is 1. The molecule has 2 bridgehead atoms. The number of ether oxygens (including phenoxy) is 1. The highest BCUT2D eigenvalue weighted by atomic mass is 19.1. The minimum absolute atomic E-state index is 0.148. The summed E-state index contributed by atoms with van der Waals surface area (Å²) in [5.74, 6) is -0.570. The summed E-state index contributed by atoms with van der Waals surface area (Å²) >= 11 is 0. The van der Waals surface area contributed by atoms with Crippen LogP contribution in [0.2, 0.25) is 0 Å². The van der Waals surface area contributed by atoms with Crippen LogP contribution in [0, 0.1) is 17.0 Å². The van der Waals surface area contributed by atoms with E-state index in [0.29, 0.717) is 5.75 Å². The Labute approximate surface area is 160 Å². The minimum atomic E-state index is -0.670. The van der Waals surface area contributed by atoms with Crippen molar-refractivity contribution in [2.75, 3.05) is 0 Å². The average molecular weight is 380 g/mol. The van der Waals surface area contributed by atoms with Crippen molar-refractivity contribution in [1.82, 2.24) is 20.2 Å². The first kappa shape index (κ1) is 17.2. The van der Waals surface area contributed by atoms with E-state index in [9.17, 15) is 8.78 Å². The molecule has 5 nitrogen and oxygen atoms in total. The molecule has 3 aromatic rings. The van der Waals surface area contributed by atoms with Gasteiger partial charge < -0.3 is 4.74 Å². The second kappa shape index (κ2) is 5.77. The van der Waals surface area contributed by atoms with E-state index in [4.69, 9.17) is 4.74 Å². The molecule has 0 spiro atoms. The van der Waals surface area contributed by atoms with Gasteiger partial charge in [0, 0.05) is 5.41 Å². The highest BCUT2D eigenvalue weighted by Crippen LogP contribution is 2.67. The molecule has 2 aliphatic rings. The standard InChI is InChI=1S/C21H18F2N4O/c1-20(2)14-6-7-21(20,28-12-9-24-11-25-10-12)19-13(14)8-17(26-27-19)18-15(22)4-3-5-16(18)23/h3-5,8-11,14H,6-7H2,1-2H3/t14-,21-/m0/s1. The first-order valence-electron chi connectivity index (χ1n) is 9.20. The van der Waals surface area contributed by atoms with Crippen LogP contribution in [0.1, 0.15) is 43.9 Å². The first-order chi connectivity index (χ1) is 13.4. The number of fused-ring (bicyclic) bond motifs is 5. The van der Waals surface area contributed by atoms with E-state index >= 15 is 0 Å².